The van der Waals surface area contributed by atoms with Crippen molar-refractivity contribution in [2.24, 2.45) is 11.8 Å². The largest absolute Gasteiger partial charge is 0.337 e. The lowest BCUT2D eigenvalue weighted by molar-refractivity contribution is 0.0602. The molecular formula is C25H26N4O. The van der Waals surface area contributed by atoms with Gasteiger partial charge in [-0.2, -0.15) is 5.26 Å². The Hall–Kier alpha value is -3.26. The molecule has 0 bridgehead atoms. The van der Waals surface area contributed by atoms with Crippen LogP contribution < -0.4 is 0 Å². The molecule has 1 saturated carbocycles. The third-order valence-electron chi connectivity index (χ3n) is 6.37. The quantitative estimate of drug-likeness (QED) is 0.699. The third kappa shape index (κ3) is 3.78. The number of hydrogen-bond donors (Lipinski definition) is 2. The van der Waals surface area contributed by atoms with E-state index in [1.807, 2.05) is 61.2 Å². The van der Waals surface area contributed by atoms with Gasteiger partial charge in [-0.3, -0.25) is 4.79 Å². The Kier molecular flexibility index (Phi) is 5.26. The maximum atomic E-state index is 13.0. The highest BCUT2D eigenvalue weighted by Gasteiger charge is 2.34. The van der Waals surface area contributed by atoms with Crippen LogP contribution in [0.4, 0.5) is 0 Å². The number of carbonyl (C=O) groups is 1. The van der Waals surface area contributed by atoms with Crippen LogP contribution in [-0.4, -0.2) is 35.3 Å². The fourth-order valence-corrected chi connectivity index (χ4v) is 4.05. The minimum atomic E-state index is -0.216. The maximum absolute atomic E-state index is 13.0. The summed E-state index contributed by atoms with van der Waals surface area (Å²) in [4.78, 5) is 14.8. The molecule has 2 aromatic carbocycles. The van der Waals surface area contributed by atoms with E-state index in [9.17, 15) is 4.79 Å². The van der Waals surface area contributed by atoms with E-state index < -0.39 is 0 Å². The number of rotatable bonds is 6. The molecular weight excluding hydrogens is 372 g/mol. The number of amides is 1. The van der Waals surface area contributed by atoms with Crippen LogP contribution in [0, 0.1) is 40.9 Å². The van der Waals surface area contributed by atoms with Crippen LogP contribution in [0.25, 0.3) is 0 Å². The zero-order chi connectivity index (χ0) is 21.4. The van der Waals surface area contributed by atoms with Crippen molar-refractivity contribution in [3.63, 3.8) is 0 Å². The second-order valence-electron chi connectivity index (χ2n) is 8.54. The molecule has 0 radical (unpaired) electrons. The minimum Gasteiger partial charge on any atom is -0.337 e. The SMILES string of the molecule is Cc1ccc(C(=O)N2CC(c3ccc(C#N)cc3)C2)cc1C(=N)C(C)C(=N)C1CC1. The van der Waals surface area contributed by atoms with Crippen LogP contribution in [-0.2, 0) is 0 Å². The topological polar surface area (TPSA) is 91.8 Å². The molecule has 1 aliphatic heterocycles. The highest BCUT2D eigenvalue weighted by molar-refractivity contribution is 6.14. The van der Waals surface area contributed by atoms with Crippen LogP contribution >= 0.6 is 0 Å². The molecule has 5 heteroatoms. The van der Waals surface area contributed by atoms with Gasteiger partial charge in [-0.15, -0.1) is 0 Å². The van der Waals surface area contributed by atoms with Gasteiger partial charge in [-0.25, -0.2) is 0 Å². The van der Waals surface area contributed by atoms with Crippen molar-refractivity contribution in [1.82, 2.24) is 4.90 Å². The van der Waals surface area contributed by atoms with E-state index in [1.165, 1.54) is 0 Å². The van der Waals surface area contributed by atoms with E-state index >= 15 is 0 Å². The highest BCUT2D eigenvalue weighted by Crippen LogP contribution is 2.34. The van der Waals surface area contributed by atoms with E-state index in [4.69, 9.17) is 16.1 Å². The van der Waals surface area contributed by atoms with Crippen molar-refractivity contribution in [2.75, 3.05) is 13.1 Å². The fraction of sp³-hybridized carbons (Fsp3) is 0.360. The predicted octanol–water partition coefficient (Wildman–Crippen LogP) is 4.54. The standard InChI is InChI=1S/C25H26N4O/c1-15-3-6-20(11-22(15)24(28)16(2)23(27)19-9-10-19)25(30)29-13-21(14-29)18-7-4-17(12-26)5-8-18/h3-8,11,16,19,21,27-28H,9-10,13-14H2,1-2H3. The molecule has 5 nitrogen and oxygen atoms in total. The molecule has 2 aliphatic rings. The molecule has 1 unspecified atom stereocenters. The van der Waals surface area contributed by atoms with E-state index in [1.54, 1.807) is 0 Å². The molecule has 1 saturated heterocycles. The Morgan fingerprint density at radius 2 is 1.80 bits per heavy atom. The maximum Gasteiger partial charge on any atom is 0.253 e. The molecule has 1 amide bonds. The first-order valence-corrected chi connectivity index (χ1v) is 10.5. The summed E-state index contributed by atoms with van der Waals surface area (Å²) in [5.74, 6) is 0.403. The average molecular weight is 399 g/mol. The normalized spacial score (nSPS) is 17.0. The van der Waals surface area contributed by atoms with Crippen LogP contribution in [0.2, 0.25) is 0 Å². The molecule has 1 aliphatic carbocycles. The Bertz CT molecular complexity index is 1050. The van der Waals surface area contributed by atoms with Crippen molar-refractivity contribution in [2.45, 2.75) is 32.6 Å². The molecule has 2 N–H and O–H groups in total. The summed E-state index contributed by atoms with van der Waals surface area (Å²) >= 11 is 0. The number of benzene rings is 2. The van der Waals surface area contributed by atoms with Crippen LogP contribution in [0.1, 0.15) is 58.3 Å². The van der Waals surface area contributed by atoms with Crippen LogP contribution in [0.3, 0.4) is 0 Å². The first-order chi connectivity index (χ1) is 14.4. The van der Waals surface area contributed by atoms with Gasteiger partial charge in [0.15, 0.2) is 0 Å². The van der Waals surface area contributed by atoms with Gasteiger partial charge in [0.05, 0.1) is 11.6 Å². The monoisotopic (exact) mass is 398 g/mol. The lowest BCUT2D eigenvalue weighted by Crippen LogP contribution is -2.48. The summed E-state index contributed by atoms with van der Waals surface area (Å²) in [6, 6.07) is 15.3. The van der Waals surface area contributed by atoms with Crippen molar-refractivity contribution in [3.8, 4) is 6.07 Å². The van der Waals surface area contributed by atoms with Crippen molar-refractivity contribution in [1.29, 1.82) is 16.1 Å². The highest BCUT2D eigenvalue weighted by atomic mass is 16.2. The average Bonchev–Trinajstić information content (AvgIpc) is 3.57. The van der Waals surface area contributed by atoms with Crippen molar-refractivity contribution < 1.29 is 4.79 Å². The Balaban J connectivity index is 1.45. The summed E-state index contributed by atoms with van der Waals surface area (Å²) in [5, 5.41) is 25.8. The lowest BCUT2D eigenvalue weighted by Gasteiger charge is -2.39. The molecule has 30 heavy (non-hydrogen) atoms. The van der Waals surface area contributed by atoms with Crippen molar-refractivity contribution in [3.05, 3.63) is 70.3 Å². The third-order valence-corrected chi connectivity index (χ3v) is 6.37. The smallest absolute Gasteiger partial charge is 0.253 e. The summed E-state index contributed by atoms with van der Waals surface area (Å²) < 4.78 is 0. The van der Waals surface area contributed by atoms with Crippen LogP contribution in [0.15, 0.2) is 42.5 Å². The summed E-state index contributed by atoms with van der Waals surface area (Å²) in [7, 11) is 0. The molecule has 0 aromatic heterocycles. The number of likely N-dealkylation sites (tertiary alicyclic amines) is 1. The summed E-state index contributed by atoms with van der Waals surface area (Å²) in [6.07, 6.45) is 2.12. The van der Waals surface area contributed by atoms with Gasteiger partial charge in [0.2, 0.25) is 0 Å². The molecule has 1 atom stereocenters. The Morgan fingerprint density at radius 1 is 1.13 bits per heavy atom. The molecule has 2 fully saturated rings. The first-order valence-electron chi connectivity index (χ1n) is 10.5. The van der Waals surface area contributed by atoms with Crippen LogP contribution in [0.5, 0.6) is 0 Å². The molecule has 152 valence electrons. The number of aryl methyl sites for hydroxylation is 1. The van der Waals surface area contributed by atoms with Gasteiger partial charge in [0.1, 0.15) is 0 Å². The minimum absolute atomic E-state index is 0.0149. The van der Waals surface area contributed by atoms with E-state index in [-0.39, 0.29) is 11.8 Å². The second-order valence-corrected chi connectivity index (χ2v) is 8.54. The van der Waals surface area contributed by atoms with Gasteiger partial charge in [0, 0.05) is 41.9 Å². The number of carbonyl (C=O) groups excluding carboxylic acids is 1. The van der Waals surface area contributed by atoms with Gasteiger partial charge in [-0.05, 0) is 66.6 Å². The number of hydrogen-bond acceptors (Lipinski definition) is 4. The molecule has 4 rings (SSSR count). The summed E-state index contributed by atoms with van der Waals surface area (Å²) in [5.41, 5.74) is 5.20. The molecule has 2 aromatic rings. The van der Waals surface area contributed by atoms with E-state index in [0.29, 0.717) is 47.5 Å². The van der Waals surface area contributed by atoms with Gasteiger partial charge >= 0.3 is 0 Å². The Labute approximate surface area is 177 Å². The van der Waals surface area contributed by atoms with E-state index in [2.05, 4.69) is 6.07 Å². The molecule has 0 spiro atoms. The van der Waals surface area contributed by atoms with Gasteiger partial charge in [0.25, 0.3) is 5.91 Å². The fourth-order valence-electron chi connectivity index (χ4n) is 4.05. The van der Waals surface area contributed by atoms with Crippen molar-refractivity contribution >= 4 is 17.3 Å². The Morgan fingerprint density at radius 3 is 2.40 bits per heavy atom. The lowest BCUT2D eigenvalue weighted by atomic mass is 9.88. The van der Waals surface area contributed by atoms with Gasteiger partial charge < -0.3 is 15.7 Å². The van der Waals surface area contributed by atoms with E-state index in [0.717, 1.165) is 29.5 Å². The predicted molar refractivity (Wildman–Crippen MR) is 117 cm³/mol. The number of nitrogens with one attached hydrogen (secondary N) is 2. The molecule has 1 heterocycles. The van der Waals surface area contributed by atoms with Gasteiger partial charge in [-0.1, -0.05) is 25.1 Å². The number of nitrogens with zero attached hydrogens (tertiary/aromatic N) is 2. The zero-order valence-corrected chi connectivity index (χ0v) is 17.4. The second kappa shape index (κ2) is 7.87. The number of nitriles is 1. The first kappa shape index (κ1) is 20.0. The summed E-state index contributed by atoms with van der Waals surface area (Å²) in [6.45, 7) is 5.20. The zero-order valence-electron chi connectivity index (χ0n) is 17.4.